The number of hydrogen-bond acceptors (Lipinski definition) is 4. The molecule has 69 heavy (non-hydrogen) atoms. The summed E-state index contributed by atoms with van der Waals surface area (Å²) in [5.74, 6) is 1.77. The van der Waals surface area contributed by atoms with E-state index in [1.807, 2.05) is 35.6 Å². The summed E-state index contributed by atoms with van der Waals surface area (Å²) in [6.45, 7) is 0. The monoisotopic (exact) mass is 897 g/mol. The molecule has 4 aromatic heterocycles. The van der Waals surface area contributed by atoms with Crippen LogP contribution in [0.1, 0.15) is 0 Å². The first kappa shape index (κ1) is 39.2. The first-order chi connectivity index (χ1) is 34.2. The molecule has 14 rings (SSSR count). The Kier molecular flexibility index (Phi) is 9.00. The highest BCUT2D eigenvalue weighted by Crippen LogP contribution is 2.46. The molecule has 0 radical (unpaired) electrons. The number of fused-ring (bicyclic) bond motifs is 10. The molecule has 0 bridgehead atoms. The summed E-state index contributed by atoms with van der Waals surface area (Å²) in [7, 11) is 0. The molecule has 0 aliphatic heterocycles. The predicted molar refractivity (Wildman–Crippen MR) is 289 cm³/mol. The topological polar surface area (TPSA) is 48.5 Å². The number of rotatable bonds is 7. The zero-order valence-corrected chi connectivity index (χ0v) is 38.0. The largest absolute Gasteiger partial charge is 0.306 e. The Labute approximate surface area is 401 Å². The molecule has 0 spiro atoms. The van der Waals surface area contributed by atoms with Gasteiger partial charge in [0.15, 0.2) is 11.6 Å². The predicted octanol–water partition coefficient (Wildman–Crippen LogP) is 16.8. The van der Waals surface area contributed by atoms with E-state index in [1.54, 1.807) is 0 Å². The van der Waals surface area contributed by atoms with Gasteiger partial charge in [-0.2, -0.15) is 9.97 Å². The fourth-order valence-corrected chi connectivity index (χ4v) is 11.5. The Morgan fingerprint density at radius 3 is 1.41 bits per heavy atom. The maximum absolute atomic E-state index is 5.44. The molecule has 0 N–H and O–H groups in total. The van der Waals surface area contributed by atoms with Crippen molar-refractivity contribution in [3.63, 3.8) is 0 Å². The summed E-state index contributed by atoms with van der Waals surface area (Å²) in [5.41, 5.74) is 14.2. The molecular weight excluding hydrogens is 859 g/mol. The van der Waals surface area contributed by atoms with E-state index in [-0.39, 0.29) is 0 Å². The lowest BCUT2D eigenvalue weighted by Crippen LogP contribution is -2.07. The summed E-state index contributed by atoms with van der Waals surface area (Å²) >= 11 is 1.86. The minimum absolute atomic E-state index is 0.556. The van der Waals surface area contributed by atoms with Crippen molar-refractivity contribution in [3.8, 4) is 67.8 Å². The zero-order valence-electron chi connectivity index (χ0n) is 37.2. The number of para-hydroxylation sites is 2. The van der Waals surface area contributed by atoms with Crippen LogP contribution in [0.4, 0.5) is 0 Å². The SMILES string of the molecule is c1ccc(-c2ccc(-c3nc(-c4ccccc4)nc(-n4c5ccccc5c5ccc6c7ccccc7n(-c7cc(-c8cccc(-c9ccccc9)c8)cc8c7sc7ccccc78)c6c54)n3)cc2)cc1. The van der Waals surface area contributed by atoms with E-state index in [2.05, 4.69) is 221 Å². The summed E-state index contributed by atoms with van der Waals surface area (Å²) in [4.78, 5) is 16.0. The Bertz CT molecular complexity index is 4280. The van der Waals surface area contributed by atoms with Gasteiger partial charge in [-0.1, -0.05) is 200 Å². The van der Waals surface area contributed by atoms with Crippen molar-refractivity contribution < 1.29 is 0 Å². The zero-order chi connectivity index (χ0) is 45.4. The fourth-order valence-electron chi connectivity index (χ4n) is 10.4. The molecule has 0 aliphatic rings. The van der Waals surface area contributed by atoms with Crippen molar-refractivity contribution in [1.29, 1.82) is 0 Å². The van der Waals surface area contributed by atoms with Crippen LogP contribution in [0.3, 0.4) is 0 Å². The second-order valence-electron chi connectivity index (χ2n) is 17.6. The van der Waals surface area contributed by atoms with Crippen LogP contribution in [0.15, 0.2) is 237 Å². The van der Waals surface area contributed by atoms with E-state index >= 15 is 0 Å². The normalized spacial score (nSPS) is 11.8. The number of aromatic nitrogens is 5. The molecule has 0 amide bonds. The maximum Gasteiger partial charge on any atom is 0.238 e. The highest BCUT2D eigenvalue weighted by molar-refractivity contribution is 7.26. The van der Waals surface area contributed by atoms with Crippen LogP contribution in [0, 0.1) is 0 Å². The maximum atomic E-state index is 5.44. The van der Waals surface area contributed by atoms with E-state index in [9.17, 15) is 0 Å². The van der Waals surface area contributed by atoms with Gasteiger partial charge in [-0.05, 0) is 69.8 Å². The highest BCUT2D eigenvalue weighted by Gasteiger charge is 2.25. The third-order valence-corrected chi connectivity index (χ3v) is 14.8. The first-order valence-electron chi connectivity index (χ1n) is 23.3. The second kappa shape index (κ2) is 15.8. The van der Waals surface area contributed by atoms with Gasteiger partial charge in [0.1, 0.15) is 0 Å². The summed E-state index contributed by atoms with van der Waals surface area (Å²) in [6.07, 6.45) is 0. The van der Waals surface area contributed by atoms with E-state index < -0.39 is 0 Å². The van der Waals surface area contributed by atoms with Crippen LogP contribution < -0.4 is 0 Å². The van der Waals surface area contributed by atoms with Crippen LogP contribution in [-0.2, 0) is 0 Å². The van der Waals surface area contributed by atoms with Gasteiger partial charge in [0.05, 0.1) is 32.5 Å². The molecule has 0 unspecified atom stereocenters. The molecule has 0 fully saturated rings. The van der Waals surface area contributed by atoms with Crippen molar-refractivity contribution in [1.82, 2.24) is 24.1 Å². The Balaban J connectivity index is 1.08. The van der Waals surface area contributed by atoms with Crippen LogP contribution in [0.2, 0.25) is 0 Å². The molecule has 0 saturated heterocycles. The number of benzene rings is 10. The Morgan fingerprint density at radius 1 is 0.290 bits per heavy atom. The standard InChI is InChI=1S/C63H39N5S/c1-4-17-40(18-5-1)42-31-33-44(34-32-42)62-64-61(43-21-8-3-9-22-43)65-63(66-62)68-55-29-14-11-26-49(55)52-36-35-51-48-25-10-13-28-54(48)67(58(51)59(52)68)56-39-47(38-53-50-27-12-15-30-57(50)69-60(53)56)46-24-16-23-45(37-46)41-19-6-2-7-20-41/h1-39H. The molecule has 14 aromatic rings. The van der Waals surface area contributed by atoms with Crippen LogP contribution in [-0.4, -0.2) is 24.1 Å². The lowest BCUT2D eigenvalue weighted by Gasteiger charge is -2.15. The van der Waals surface area contributed by atoms with E-state index in [0.29, 0.717) is 17.6 Å². The molecule has 0 saturated carbocycles. The quantitative estimate of drug-likeness (QED) is 0.160. The van der Waals surface area contributed by atoms with Crippen LogP contribution in [0.25, 0.3) is 132 Å². The van der Waals surface area contributed by atoms with Crippen LogP contribution in [0.5, 0.6) is 0 Å². The minimum Gasteiger partial charge on any atom is -0.306 e. The summed E-state index contributed by atoms with van der Waals surface area (Å²) < 4.78 is 7.29. The van der Waals surface area contributed by atoms with Crippen molar-refractivity contribution in [2.24, 2.45) is 0 Å². The van der Waals surface area contributed by atoms with E-state index in [4.69, 9.17) is 15.0 Å². The average molecular weight is 898 g/mol. The molecule has 0 aliphatic carbocycles. The molecule has 6 heteroatoms. The first-order valence-corrected chi connectivity index (χ1v) is 24.1. The van der Waals surface area contributed by atoms with Crippen molar-refractivity contribution in [2.45, 2.75) is 0 Å². The minimum atomic E-state index is 0.556. The van der Waals surface area contributed by atoms with Gasteiger partial charge < -0.3 is 4.57 Å². The molecule has 5 nitrogen and oxygen atoms in total. The van der Waals surface area contributed by atoms with Gasteiger partial charge in [0.25, 0.3) is 0 Å². The fraction of sp³-hybridized carbons (Fsp3) is 0. The lowest BCUT2D eigenvalue weighted by atomic mass is 9.97. The summed E-state index contributed by atoms with van der Waals surface area (Å²) in [5, 5.41) is 7.07. The van der Waals surface area contributed by atoms with Gasteiger partial charge in [-0.25, -0.2) is 4.98 Å². The summed E-state index contributed by atoms with van der Waals surface area (Å²) in [6, 6.07) is 84.6. The third-order valence-electron chi connectivity index (χ3n) is 13.6. The third kappa shape index (κ3) is 6.41. The van der Waals surface area contributed by atoms with Gasteiger partial charge in [0, 0.05) is 48.1 Å². The average Bonchev–Trinajstić information content (AvgIpc) is 4.09. The van der Waals surface area contributed by atoms with Gasteiger partial charge in [-0.3, -0.25) is 4.57 Å². The number of thiophene rings is 1. The highest BCUT2D eigenvalue weighted by atomic mass is 32.1. The Morgan fingerprint density at radius 2 is 0.754 bits per heavy atom. The van der Waals surface area contributed by atoms with E-state index in [0.717, 1.165) is 77.3 Å². The van der Waals surface area contributed by atoms with Crippen molar-refractivity contribution >= 4 is 75.1 Å². The van der Waals surface area contributed by atoms with Gasteiger partial charge in [-0.15, -0.1) is 11.3 Å². The number of hydrogen-bond donors (Lipinski definition) is 0. The molecule has 10 aromatic carbocycles. The smallest absolute Gasteiger partial charge is 0.238 e. The van der Waals surface area contributed by atoms with E-state index in [1.165, 1.54) is 36.7 Å². The molecule has 322 valence electrons. The molecule has 0 atom stereocenters. The van der Waals surface area contributed by atoms with Gasteiger partial charge >= 0.3 is 0 Å². The second-order valence-corrected chi connectivity index (χ2v) is 18.6. The van der Waals surface area contributed by atoms with Crippen molar-refractivity contribution in [2.75, 3.05) is 0 Å². The van der Waals surface area contributed by atoms with Crippen molar-refractivity contribution in [3.05, 3.63) is 237 Å². The lowest BCUT2D eigenvalue weighted by molar-refractivity contribution is 0.953. The van der Waals surface area contributed by atoms with Gasteiger partial charge in [0.2, 0.25) is 5.95 Å². The molecular formula is C63H39N5S. The molecule has 4 heterocycles. The number of nitrogens with zero attached hydrogens (tertiary/aromatic N) is 5. The van der Waals surface area contributed by atoms with Crippen LogP contribution >= 0.6 is 11.3 Å². The Hall–Kier alpha value is -8.97.